The summed E-state index contributed by atoms with van der Waals surface area (Å²) >= 11 is 0. The van der Waals surface area contributed by atoms with Gasteiger partial charge in [0.15, 0.2) is 0 Å². The summed E-state index contributed by atoms with van der Waals surface area (Å²) in [5.41, 5.74) is 0.597. The fraction of sp³-hybridized carbons (Fsp3) is 0.455. The minimum absolute atomic E-state index is 0.441. The molecular weight excluding hydrogens is 205 g/mol. The monoisotopic (exact) mass is 216 g/mol. The van der Waals surface area contributed by atoms with Crippen LogP contribution in [-0.2, 0) is 12.6 Å². The summed E-state index contributed by atoms with van der Waals surface area (Å²) in [5.74, 6) is 0. The van der Waals surface area contributed by atoms with Gasteiger partial charge in [-0.15, -0.1) is 0 Å². The van der Waals surface area contributed by atoms with Crippen molar-refractivity contribution in [2.24, 2.45) is 0 Å². The molecule has 1 atom stereocenters. The van der Waals surface area contributed by atoms with Gasteiger partial charge in [-0.2, -0.15) is 13.2 Å². The van der Waals surface area contributed by atoms with Gasteiger partial charge >= 0.3 is 6.18 Å². The Kier molecular flexibility index (Phi) is 2.46. The lowest BCUT2D eigenvalue weighted by Gasteiger charge is -2.22. The predicted molar refractivity (Wildman–Crippen MR) is 49.3 cm³/mol. The van der Waals surface area contributed by atoms with Gasteiger partial charge in [-0.05, 0) is 42.5 Å². The SMILES string of the molecule is OC1CCCc2ccc(C(F)(F)F)cc21. The predicted octanol–water partition coefficient (Wildman–Crippen LogP) is 3.08. The number of hydrogen-bond donors (Lipinski definition) is 1. The molecule has 0 bridgehead atoms. The highest BCUT2D eigenvalue weighted by atomic mass is 19.4. The number of rotatable bonds is 0. The molecule has 0 saturated heterocycles. The van der Waals surface area contributed by atoms with Crippen LogP contribution in [0, 0.1) is 0 Å². The van der Waals surface area contributed by atoms with Crippen LogP contribution in [0.4, 0.5) is 13.2 Å². The topological polar surface area (TPSA) is 20.2 Å². The Morgan fingerprint density at radius 1 is 1.27 bits per heavy atom. The number of aliphatic hydroxyl groups is 1. The smallest absolute Gasteiger partial charge is 0.388 e. The average molecular weight is 216 g/mol. The summed E-state index contributed by atoms with van der Waals surface area (Å²) in [7, 11) is 0. The van der Waals surface area contributed by atoms with E-state index in [-0.39, 0.29) is 0 Å². The van der Waals surface area contributed by atoms with E-state index in [1.54, 1.807) is 0 Å². The number of fused-ring (bicyclic) bond motifs is 1. The second-order valence-corrected chi connectivity index (χ2v) is 3.82. The highest BCUT2D eigenvalue weighted by Gasteiger charge is 2.32. The van der Waals surface area contributed by atoms with E-state index in [4.69, 9.17) is 0 Å². The summed E-state index contributed by atoms with van der Waals surface area (Å²) in [5, 5.41) is 9.58. The van der Waals surface area contributed by atoms with Crippen LogP contribution in [0.3, 0.4) is 0 Å². The molecular formula is C11H11F3O. The Bertz CT molecular complexity index is 371. The molecule has 15 heavy (non-hydrogen) atoms. The first-order valence-electron chi connectivity index (χ1n) is 4.86. The summed E-state index contributed by atoms with van der Waals surface area (Å²) in [6, 6.07) is 3.62. The van der Waals surface area contributed by atoms with Crippen LogP contribution in [0.15, 0.2) is 18.2 Å². The highest BCUT2D eigenvalue weighted by Crippen LogP contribution is 2.35. The Morgan fingerprint density at radius 2 is 2.00 bits per heavy atom. The van der Waals surface area contributed by atoms with Crippen LogP contribution in [0.5, 0.6) is 0 Å². The maximum Gasteiger partial charge on any atom is 0.416 e. The van der Waals surface area contributed by atoms with Crippen molar-refractivity contribution in [2.75, 3.05) is 0 Å². The van der Waals surface area contributed by atoms with Crippen LogP contribution in [-0.4, -0.2) is 5.11 Å². The first kappa shape index (κ1) is 10.5. The number of alkyl halides is 3. The van der Waals surface area contributed by atoms with Gasteiger partial charge in [0.1, 0.15) is 0 Å². The quantitative estimate of drug-likeness (QED) is 0.706. The van der Waals surface area contributed by atoms with Gasteiger partial charge in [0.05, 0.1) is 11.7 Å². The van der Waals surface area contributed by atoms with Crippen LogP contribution < -0.4 is 0 Å². The standard InChI is InChI=1S/C11H11F3O/c12-11(13,14)8-5-4-7-2-1-3-10(15)9(7)6-8/h4-6,10,15H,1-3H2. The maximum absolute atomic E-state index is 12.4. The minimum Gasteiger partial charge on any atom is -0.388 e. The molecule has 0 spiro atoms. The zero-order valence-corrected chi connectivity index (χ0v) is 8.01. The summed E-state index contributed by atoms with van der Waals surface area (Å²) in [4.78, 5) is 0. The fourth-order valence-electron chi connectivity index (χ4n) is 1.95. The first-order valence-corrected chi connectivity index (χ1v) is 4.86. The van der Waals surface area contributed by atoms with Gasteiger partial charge in [0.25, 0.3) is 0 Å². The molecule has 1 aliphatic rings. The largest absolute Gasteiger partial charge is 0.416 e. The molecule has 0 radical (unpaired) electrons. The van der Waals surface area contributed by atoms with Crippen LogP contribution in [0.2, 0.25) is 0 Å². The van der Waals surface area contributed by atoms with Crippen molar-refractivity contribution in [3.05, 3.63) is 34.9 Å². The van der Waals surface area contributed by atoms with Gasteiger partial charge in [-0.25, -0.2) is 0 Å². The summed E-state index contributed by atoms with van der Waals surface area (Å²) in [6.45, 7) is 0. The third-order valence-corrected chi connectivity index (χ3v) is 2.76. The zero-order chi connectivity index (χ0) is 11.1. The van der Waals surface area contributed by atoms with Gasteiger partial charge in [0, 0.05) is 0 Å². The van der Waals surface area contributed by atoms with Gasteiger partial charge < -0.3 is 5.11 Å². The molecule has 1 unspecified atom stereocenters. The molecule has 2 rings (SSSR count). The van der Waals surface area contributed by atoms with Gasteiger partial charge in [0.2, 0.25) is 0 Å². The third-order valence-electron chi connectivity index (χ3n) is 2.76. The second kappa shape index (κ2) is 3.52. The van der Waals surface area contributed by atoms with Gasteiger partial charge in [-0.1, -0.05) is 6.07 Å². The molecule has 0 heterocycles. The fourth-order valence-corrected chi connectivity index (χ4v) is 1.95. The Balaban J connectivity index is 2.44. The molecule has 0 fully saturated rings. The number of hydrogen-bond acceptors (Lipinski definition) is 1. The molecule has 0 aromatic heterocycles. The van der Waals surface area contributed by atoms with Crippen molar-refractivity contribution >= 4 is 0 Å². The molecule has 1 aliphatic carbocycles. The lowest BCUT2D eigenvalue weighted by atomic mass is 9.88. The van der Waals surface area contributed by atoms with E-state index in [0.29, 0.717) is 12.0 Å². The zero-order valence-electron chi connectivity index (χ0n) is 8.01. The Hall–Kier alpha value is -1.03. The Morgan fingerprint density at radius 3 is 2.67 bits per heavy atom. The van der Waals surface area contributed by atoms with Crippen LogP contribution >= 0.6 is 0 Å². The van der Waals surface area contributed by atoms with Crippen molar-refractivity contribution in [1.82, 2.24) is 0 Å². The number of halogens is 3. The second-order valence-electron chi connectivity index (χ2n) is 3.82. The van der Waals surface area contributed by atoms with Crippen molar-refractivity contribution in [1.29, 1.82) is 0 Å². The van der Waals surface area contributed by atoms with E-state index in [1.165, 1.54) is 6.07 Å². The number of aryl methyl sites for hydroxylation is 1. The summed E-state index contributed by atoms with van der Waals surface area (Å²) < 4.78 is 37.2. The molecule has 1 aromatic carbocycles. The third kappa shape index (κ3) is 2.00. The molecule has 1 nitrogen and oxygen atoms in total. The lowest BCUT2D eigenvalue weighted by Crippen LogP contribution is -2.12. The normalized spacial score (nSPS) is 21.2. The number of benzene rings is 1. The van der Waals surface area contributed by atoms with Crippen molar-refractivity contribution in [3.63, 3.8) is 0 Å². The van der Waals surface area contributed by atoms with E-state index in [1.807, 2.05) is 0 Å². The lowest BCUT2D eigenvalue weighted by molar-refractivity contribution is -0.137. The van der Waals surface area contributed by atoms with E-state index >= 15 is 0 Å². The van der Waals surface area contributed by atoms with Crippen molar-refractivity contribution in [3.8, 4) is 0 Å². The van der Waals surface area contributed by atoms with Crippen molar-refractivity contribution < 1.29 is 18.3 Å². The van der Waals surface area contributed by atoms with Crippen LogP contribution in [0.25, 0.3) is 0 Å². The van der Waals surface area contributed by atoms with E-state index in [0.717, 1.165) is 30.5 Å². The van der Waals surface area contributed by atoms with Gasteiger partial charge in [-0.3, -0.25) is 0 Å². The molecule has 0 amide bonds. The van der Waals surface area contributed by atoms with E-state index in [2.05, 4.69) is 0 Å². The maximum atomic E-state index is 12.4. The molecule has 1 N–H and O–H groups in total. The molecule has 4 heteroatoms. The molecule has 82 valence electrons. The molecule has 0 saturated carbocycles. The first-order chi connectivity index (χ1) is 6.98. The van der Waals surface area contributed by atoms with E-state index in [9.17, 15) is 18.3 Å². The van der Waals surface area contributed by atoms with E-state index < -0.39 is 17.8 Å². The molecule has 0 aliphatic heterocycles. The summed E-state index contributed by atoms with van der Waals surface area (Å²) in [6.07, 6.45) is -2.93. The number of aliphatic hydroxyl groups excluding tert-OH is 1. The molecule has 1 aromatic rings. The average Bonchev–Trinajstić information content (AvgIpc) is 2.16. The van der Waals surface area contributed by atoms with Crippen LogP contribution in [0.1, 0.15) is 35.6 Å². The Labute approximate surface area is 85.5 Å². The highest BCUT2D eigenvalue weighted by molar-refractivity contribution is 5.36. The van der Waals surface area contributed by atoms with Crippen molar-refractivity contribution in [2.45, 2.75) is 31.5 Å². The minimum atomic E-state index is -4.33.